The average Bonchev–Trinajstić information content (AvgIpc) is 2.66. The number of fused-ring (bicyclic) bond motifs is 1. The zero-order valence-corrected chi connectivity index (χ0v) is 14.1. The number of hydrogen-bond acceptors (Lipinski definition) is 4. The van der Waals surface area contributed by atoms with Crippen molar-refractivity contribution in [3.8, 4) is 0 Å². The molecule has 3 aromatic rings. The fourth-order valence-corrected chi connectivity index (χ4v) is 2.48. The number of nitrogens with zero attached hydrogens (tertiary/aromatic N) is 1. The van der Waals surface area contributed by atoms with E-state index in [-0.39, 0.29) is 5.69 Å². The van der Waals surface area contributed by atoms with Crippen LogP contribution in [-0.4, -0.2) is 22.0 Å². The number of hydrogen-bond donors (Lipinski definition) is 3. The Morgan fingerprint density at radius 3 is 2.46 bits per heavy atom. The summed E-state index contributed by atoms with van der Waals surface area (Å²) in [6.45, 7) is 0. The standard InChI is InChI=1S/C18H13ClN4O3/c19-14-8-4-1-5-11(14)9-10-15(24)20-23-18(26)16-12-6-2-3-7-13(12)17(25)22-21-16/h1-10H,(H,20,24)(H,22,25)(H,23,26)/b10-9+. The molecule has 0 unspecified atom stereocenters. The molecule has 0 spiro atoms. The molecule has 0 saturated heterocycles. The van der Waals surface area contributed by atoms with Crippen LogP contribution in [0.4, 0.5) is 0 Å². The first-order valence-corrected chi connectivity index (χ1v) is 7.94. The average molecular weight is 369 g/mol. The second-order valence-electron chi connectivity index (χ2n) is 5.25. The Morgan fingerprint density at radius 1 is 1.00 bits per heavy atom. The molecule has 7 nitrogen and oxygen atoms in total. The number of amides is 2. The molecule has 1 heterocycles. The predicted molar refractivity (Wildman–Crippen MR) is 98.5 cm³/mol. The van der Waals surface area contributed by atoms with Crippen molar-refractivity contribution in [2.45, 2.75) is 0 Å². The van der Waals surface area contributed by atoms with Crippen molar-refractivity contribution in [2.24, 2.45) is 0 Å². The zero-order chi connectivity index (χ0) is 18.5. The van der Waals surface area contributed by atoms with Crippen LogP contribution in [0.2, 0.25) is 5.02 Å². The summed E-state index contributed by atoms with van der Waals surface area (Å²) in [5, 5.41) is 7.23. The quantitative estimate of drug-likeness (QED) is 0.486. The SMILES string of the molecule is O=C(/C=C/c1ccccc1Cl)NNC(=O)c1n[nH]c(=O)c2ccccc12. The summed E-state index contributed by atoms with van der Waals surface area (Å²) in [5.74, 6) is -1.20. The van der Waals surface area contributed by atoms with Crippen molar-refractivity contribution in [2.75, 3.05) is 0 Å². The number of carbonyl (C=O) groups is 2. The smallest absolute Gasteiger partial charge is 0.268 e. The van der Waals surface area contributed by atoms with E-state index in [1.54, 1.807) is 48.5 Å². The normalized spacial score (nSPS) is 10.8. The molecule has 0 atom stereocenters. The van der Waals surface area contributed by atoms with Crippen LogP contribution in [0, 0.1) is 0 Å². The lowest BCUT2D eigenvalue weighted by molar-refractivity contribution is -0.117. The van der Waals surface area contributed by atoms with E-state index in [1.807, 2.05) is 0 Å². The van der Waals surface area contributed by atoms with Gasteiger partial charge in [0, 0.05) is 16.5 Å². The fraction of sp³-hybridized carbons (Fsp3) is 0. The number of hydrazine groups is 1. The number of carbonyl (C=O) groups excluding carboxylic acids is 2. The molecule has 0 radical (unpaired) electrons. The van der Waals surface area contributed by atoms with Crippen LogP contribution < -0.4 is 16.4 Å². The first-order valence-electron chi connectivity index (χ1n) is 7.56. The van der Waals surface area contributed by atoms with Gasteiger partial charge < -0.3 is 0 Å². The molecule has 0 saturated carbocycles. The molecule has 0 aliphatic rings. The zero-order valence-electron chi connectivity index (χ0n) is 13.3. The molecule has 26 heavy (non-hydrogen) atoms. The minimum Gasteiger partial charge on any atom is -0.268 e. The van der Waals surface area contributed by atoms with Crippen molar-refractivity contribution < 1.29 is 9.59 Å². The van der Waals surface area contributed by atoms with E-state index in [4.69, 9.17) is 11.6 Å². The second kappa shape index (κ2) is 7.62. The van der Waals surface area contributed by atoms with Crippen LogP contribution in [0.3, 0.4) is 0 Å². The van der Waals surface area contributed by atoms with Gasteiger partial charge in [-0.05, 0) is 23.8 Å². The van der Waals surface area contributed by atoms with Gasteiger partial charge in [0.25, 0.3) is 17.4 Å². The first kappa shape index (κ1) is 17.4. The van der Waals surface area contributed by atoms with Crippen molar-refractivity contribution in [3.05, 3.63) is 81.2 Å². The number of rotatable bonds is 3. The molecule has 1 aromatic heterocycles. The molecular formula is C18H13ClN4O3. The van der Waals surface area contributed by atoms with Crippen molar-refractivity contribution in [1.29, 1.82) is 0 Å². The minimum atomic E-state index is -0.656. The van der Waals surface area contributed by atoms with Gasteiger partial charge in [-0.3, -0.25) is 25.2 Å². The van der Waals surface area contributed by atoms with Gasteiger partial charge in [-0.15, -0.1) is 0 Å². The van der Waals surface area contributed by atoms with E-state index >= 15 is 0 Å². The highest BCUT2D eigenvalue weighted by Crippen LogP contribution is 2.16. The summed E-state index contributed by atoms with van der Waals surface area (Å²) < 4.78 is 0. The molecule has 0 aliphatic carbocycles. The Balaban J connectivity index is 1.70. The highest BCUT2D eigenvalue weighted by Gasteiger charge is 2.14. The summed E-state index contributed by atoms with van der Waals surface area (Å²) >= 11 is 5.99. The Morgan fingerprint density at radius 2 is 1.69 bits per heavy atom. The van der Waals surface area contributed by atoms with Gasteiger partial charge >= 0.3 is 0 Å². The topological polar surface area (TPSA) is 104 Å². The third-order valence-electron chi connectivity index (χ3n) is 3.53. The molecule has 0 bridgehead atoms. The van der Waals surface area contributed by atoms with E-state index in [0.717, 1.165) is 0 Å². The fourth-order valence-electron chi connectivity index (χ4n) is 2.28. The Hall–Kier alpha value is -3.45. The molecule has 2 amide bonds. The van der Waals surface area contributed by atoms with Crippen LogP contribution in [0.15, 0.2) is 59.4 Å². The summed E-state index contributed by atoms with van der Waals surface area (Å²) in [6, 6.07) is 13.6. The van der Waals surface area contributed by atoms with Crippen molar-refractivity contribution in [3.63, 3.8) is 0 Å². The van der Waals surface area contributed by atoms with Gasteiger partial charge in [0.1, 0.15) is 0 Å². The van der Waals surface area contributed by atoms with E-state index in [0.29, 0.717) is 21.4 Å². The number of aromatic amines is 1. The monoisotopic (exact) mass is 368 g/mol. The van der Waals surface area contributed by atoms with E-state index in [9.17, 15) is 14.4 Å². The third kappa shape index (κ3) is 3.79. The Bertz CT molecular complexity index is 1080. The summed E-state index contributed by atoms with van der Waals surface area (Å²) in [5.41, 5.74) is 4.77. The largest absolute Gasteiger partial charge is 0.290 e. The maximum absolute atomic E-state index is 12.2. The van der Waals surface area contributed by atoms with E-state index in [2.05, 4.69) is 21.0 Å². The molecule has 0 aliphatic heterocycles. The van der Waals surface area contributed by atoms with Gasteiger partial charge in [-0.25, -0.2) is 5.10 Å². The van der Waals surface area contributed by atoms with E-state index < -0.39 is 17.4 Å². The minimum absolute atomic E-state index is 0.00409. The van der Waals surface area contributed by atoms with Crippen molar-refractivity contribution >= 4 is 40.3 Å². The maximum Gasteiger partial charge on any atom is 0.290 e. The number of H-pyrrole nitrogens is 1. The van der Waals surface area contributed by atoms with Crippen molar-refractivity contribution in [1.82, 2.24) is 21.0 Å². The third-order valence-corrected chi connectivity index (χ3v) is 3.87. The lowest BCUT2D eigenvalue weighted by Gasteiger charge is -2.06. The highest BCUT2D eigenvalue weighted by molar-refractivity contribution is 6.32. The van der Waals surface area contributed by atoms with Gasteiger partial charge in [0.15, 0.2) is 5.69 Å². The number of benzene rings is 2. The van der Waals surface area contributed by atoms with Gasteiger partial charge in [0.2, 0.25) is 0 Å². The molecule has 3 N–H and O–H groups in total. The van der Waals surface area contributed by atoms with Gasteiger partial charge in [-0.1, -0.05) is 48.0 Å². The first-order chi connectivity index (χ1) is 12.6. The Kier molecular flexibility index (Phi) is 5.09. The summed E-state index contributed by atoms with van der Waals surface area (Å²) in [4.78, 5) is 35.8. The van der Waals surface area contributed by atoms with E-state index in [1.165, 1.54) is 12.2 Å². The lowest BCUT2D eigenvalue weighted by Crippen LogP contribution is -2.41. The van der Waals surface area contributed by atoms with Crippen LogP contribution in [0.1, 0.15) is 16.1 Å². The van der Waals surface area contributed by atoms with Crippen LogP contribution in [-0.2, 0) is 4.79 Å². The molecule has 3 rings (SSSR count). The maximum atomic E-state index is 12.2. The summed E-state index contributed by atoms with van der Waals surface area (Å²) in [6.07, 6.45) is 2.76. The molecule has 130 valence electrons. The van der Waals surface area contributed by atoms with Gasteiger partial charge in [0.05, 0.1) is 5.39 Å². The lowest BCUT2D eigenvalue weighted by atomic mass is 10.1. The summed E-state index contributed by atoms with van der Waals surface area (Å²) in [7, 11) is 0. The number of nitrogens with one attached hydrogen (secondary N) is 3. The molecule has 8 heteroatoms. The van der Waals surface area contributed by atoms with Gasteiger partial charge in [-0.2, -0.15) is 5.10 Å². The Labute approximate surface area is 152 Å². The molecular weight excluding hydrogens is 356 g/mol. The molecule has 0 fully saturated rings. The number of aromatic nitrogens is 2. The second-order valence-corrected chi connectivity index (χ2v) is 5.65. The van der Waals surface area contributed by atoms with Crippen LogP contribution >= 0.6 is 11.6 Å². The molecule has 2 aromatic carbocycles. The van der Waals surface area contributed by atoms with Crippen LogP contribution in [0.5, 0.6) is 0 Å². The predicted octanol–water partition coefficient (Wildman–Crippen LogP) is 2.05. The number of halogens is 1. The van der Waals surface area contributed by atoms with Crippen LogP contribution in [0.25, 0.3) is 16.8 Å². The highest BCUT2D eigenvalue weighted by atomic mass is 35.5.